The molecule has 1 aliphatic rings. The number of aliphatic hydroxyl groups is 1. The summed E-state index contributed by atoms with van der Waals surface area (Å²) in [5.74, 6) is -0.152. The first-order valence-electron chi connectivity index (χ1n) is 14.6. The van der Waals surface area contributed by atoms with Crippen molar-refractivity contribution >= 4 is 15.8 Å². The number of hydrogen-bond acceptors (Lipinski definition) is 8. The highest BCUT2D eigenvalue weighted by Gasteiger charge is 2.35. The van der Waals surface area contributed by atoms with Gasteiger partial charge in [-0.05, 0) is 89.1 Å². The fourth-order valence-corrected chi connectivity index (χ4v) is 7.27. The van der Waals surface area contributed by atoms with Gasteiger partial charge in [-0.25, -0.2) is 18.2 Å². The van der Waals surface area contributed by atoms with Gasteiger partial charge in [0.1, 0.15) is 16.6 Å². The molecule has 0 aliphatic heterocycles. The van der Waals surface area contributed by atoms with Gasteiger partial charge in [-0.15, -0.1) is 0 Å². The number of carbonyl (C=O) groups excluding carboxylic acids is 1. The molecule has 3 atom stereocenters. The summed E-state index contributed by atoms with van der Waals surface area (Å²) in [5.41, 5.74) is 2.95. The van der Waals surface area contributed by atoms with E-state index in [4.69, 9.17) is 19.2 Å². The molecule has 0 heterocycles. The molecule has 3 rings (SSSR count). The van der Waals surface area contributed by atoms with Crippen LogP contribution in [-0.4, -0.2) is 57.3 Å². The summed E-state index contributed by atoms with van der Waals surface area (Å²) in [4.78, 5) is 23.1. The van der Waals surface area contributed by atoms with E-state index in [-0.39, 0.29) is 23.9 Å². The second kappa shape index (κ2) is 15.1. The van der Waals surface area contributed by atoms with Crippen LogP contribution in [0.5, 0.6) is 5.75 Å². The maximum Gasteiger partial charge on any atom is 0.313 e. The van der Waals surface area contributed by atoms with Gasteiger partial charge in [0.15, 0.2) is 9.84 Å². The van der Waals surface area contributed by atoms with E-state index in [9.17, 15) is 18.3 Å². The molecule has 1 N–H and O–H groups in total. The summed E-state index contributed by atoms with van der Waals surface area (Å²) in [6.07, 6.45) is 4.53. The first-order chi connectivity index (χ1) is 19.9. The van der Waals surface area contributed by atoms with Crippen molar-refractivity contribution in [2.75, 3.05) is 20.8 Å². The second-order valence-electron chi connectivity index (χ2n) is 11.6. The molecule has 1 fully saturated rings. The van der Waals surface area contributed by atoms with Crippen molar-refractivity contribution in [2.45, 2.75) is 94.5 Å². The van der Waals surface area contributed by atoms with Crippen molar-refractivity contribution in [3.8, 4) is 5.75 Å². The van der Waals surface area contributed by atoms with E-state index in [0.29, 0.717) is 31.4 Å². The Morgan fingerprint density at radius 2 is 1.83 bits per heavy atom. The zero-order valence-corrected chi connectivity index (χ0v) is 26.5. The molecule has 232 valence electrons. The Balaban J connectivity index is 1.90. The molecule has 8 nitrogen and oxygen atoms in total. The van der Waals surface area contributed by atoms with E-state index in [1.165, 1.54) is 7.11 Å². The lowest BCUT2D eigenvalue weighted by atomic mass is 9.83. The normalized spacial score (nSPS) is 18.5. The van der Waals surface area contributed by atoms with Gasteiger partial charge in [-0.1, -0.05) is 47.9 Å². The van der Waals surface area contributed by atoms with Crippen molar-refractivity contribution in [2.24, 2.45) is 5.92 Å². The Kier molecular flexibility index (Phi) is 12.2. The zero-order chi connectivity index (χ0) is 30.9. The third-order valence-electron chi connectivity index (χ3n) is 7.70. The maximum absolute atomic E-state index is 13.9. The van der Waals surface area contributed by atoms with Gasteiger partial charge in [0.2, 0.25) is 0 Å². The van der Waals surface area contributed by atoms with E-state index in [1.807, 2.05) is 39.0 Å². The van der Waals surface area contributed by atoms with E-state index in [1.54, 1.807) is 44.4 Å². The molecule has 0 spiro atoms. The fraction of sp³-hybridized carbons (Fsp3) is 0.545. The minimum absolute atomic E-state index is 0.143. The van der Waals surface area contributed by atoms with E-state index < -0.39 is 32.7 Å². The van der Waals surface area contributed by atoms with Crippen LogP contribution in [0.1, 0.15) is 69.6 Å². The molecule has 0 amide bonds. The van der Waals surface area contributed by atoms with Crippen molar-refractivity contribution in [1.29, 1.82) is 0 Å². The van der Waals surface area contributed by atoms with Crippen molar-refractivity contribution < 1.29 is 37.6 Å². The van der Waals surface area contributed by atoms with Crippen molar-refractivity contribution in [3.05, 3.63) is 70.8 Å². The number of esters is 1. The quantitative estimate of drug-likeness (QED) is 0.127. The number of aliphatic hydroxyl groups excluding tert-OH is 1. The number of rotatable bonds is 14. The number of methoxy groups -OCH3 is 1. The van der Waals surface area contributed by atoms with Crippen LogP contribution < -0.4 is 4.74 Å². The minimum Gasteiger partial charge on any atom is -0.496 e. The van der Waals surface area contributed by atoms with Crippen LogP contribution in [0.25, 0.3) is 0 Å². The molecule has 0 saturated heterocycles. The minimum atomic E-state index is -3.96. The number of carbonyl (C=O) groups is 1. The zero-order valence-electron chi connectivity index (χ0n) is 25.7. The Labute approximate surface area is 250 Å². The third-order valence-corrected chi connectivity index (χ3v) is 9.79. The van der Waals surface area contributed by atoms with Crippen LogP contribution in [0.3, 0.4) is 0 Å². The standard InChI is InChI=1S/C33H46O8S/c1-7-40-32(35)28-11-9-8-10-25(28)21-31(42(36,37)27-17-12-23(2)13-18-27)29(34)19-15-24-14-16-26(30(20-24)38-5)22-33(3,4)41-39-6/h12-14,16-18,20-21,28-29,31,34H,7-11,15,19,22H2,1-6H3/b25-21-. The van der Waals surface area contributed by atoms with E-state index in [0.717, 1.165) is 35.1 Å². The van der Waals surface area contributed by atoms with Crippen LogP contribution in [0, 0.1) is 12.8 Å². The first-order valence-corrected chi connectivity index (χ1v) is 16.2. The van der Waals surface area contributed by atoms with Gasteiger partial charge in [0.05, 0.1) is 37.7 Å². The molecule has 2 aromatic rings. The van der Waals surface area contributed by atoms with Gasteiger partial charge >= 0.3 is 5.97 Å². The number of ether oxygens (including phenoxy) is 2. The molecule has 3 unspecified atom stereocenters. The van der Waals surface area contributed by atoms with Gasteiger partial charge in [-0.3, -0.25) is 4.79 Å². The third kappa shape index (κ3) is 8.89. The van der Waals surface area contributed by atoms with Gasteiger partial charge in [0.25, 0.3) is 0 Å². The van der Waals surface area contributed by atoms with Gasteiger partial charge in [0, 0.05) is 6.42 Å². The summed E-state index contributed by atoms with van der Waals surface area (Å²) in [7, 11) is -0.884. The average molecular weight is 603 g/mol. The summed E-state index contributed by atoms with van der Waals surface area (Å²) < 4.78 is 38.8. The average Bonchev–Trinajstić information content (AvgIpc) is 2.95. The Bertz CT molecular complexity index is 1310. The lowest BCUT2D eigenvalue weighted by Gasteiger charge is -2.27. The highest BCUT2D eigenvalue weighted by atomic mass is 32.2. The molecule has 0 bridgehead atoms. The summed E-state index contributed by atoms with van der Waals surface area (Å²) in [5, 5.41) is 10.3. The Morgan fingerprint density at radius 3 is 2.48 bits per heavy atom. The number of benzene rings is 2. The summed E-state index contributed by atoms with van der Waals surface area (Å²) >= 11 is 0. The maximum atomic E-state index is 13.9. The smallest absolute Gasteiger partial charge is 0.313 e. The van der Waals surface area contributed by atoms with Crippen LogP contribution in [0.4, 0.5) is 0 Å². The summed E-state index contributed by atoms with van der Waals surface area (Å²) in [6.45, 7) is 7.75. The molecular weight excluding hydrogens is 556 g/mol. The predicted octanol–water partition coefficient (Wildman–Crippen LogP) is 5.72. The van der Waals surface area contributed by atoms with Gasteiger partial charge < -0.3 is 14.6 Å². The molecule has 42 heavy (non-hydrogen) atoms. The molecule has 0 radical (unpaired) electrons. The second-order valence-corrected chi connectivity index (χ2v) is 13.7. The largest absolute Gasteiger partial charge is 0.496 e. The number of hydrogen-bond donors (Lipinski definition) is 1. The van der Waals surface area contributed by atoms with Crippen LogP contribution in [-0.2, 0) is 42.0 Å². The van der Waals surface area contributed by atoms with E-state index >= 15 is 0 Å². The molecule has 1 aliphatic carbocycles. The SMILES string of the molecule is CCOC(=O)C1CCCC/C1=C/C(C(O)CCc1ccc(CC(C)(C)OOC)c(OC)c1)S(=O)(=O)c1ccc(C)cc1. The molecule has 2 aromatic carbocycles. The number of sulfone groups is 1. The Hall–Kier alpha value is -2.72. The molecular formula is C33H46O8S. The van der Waals surface area contributed by atoms with Crippen molar-refractivity contribution in [1.82, 2.24) is 0 Å². The number of aryl methyl sites for hydroxylation is 2. The molecule has 9 heteroatoms. The topological polar surface area (TPSA) is 108 Å². The first kappa shape index (κ1) is 33.8. The van der Waals surface area contributed by atoms with E-state index in [2.05, 4.69) is 0 Å². The summed E-state index contributed by atoms with van der Waals surface area (Å²) in [6, 6.07) is 12.5. The highest BCUT2D eigenvalue weighted by Crippen LogP contribution is 2.34. The highest BCUT2D eigenvalue weighted by molar-refractivity contribution is 7.92. The molecule has 1 saturated carbocycles. The monoisotopic (exact) mass is 602 g/mol. The predicted molar refractivity (Wildman–Crippen MR) is 162 cm³/mol. The molecule has 0 aromatic heterocycles. The lowest BCUT2D eigenvalue weighted by Crippen LogP contribution is -2.35. The van der Waals surface area contributed by atoms with Crippen LogP contribution in [0.15, 0.2) is 59.0 Å². The van der Waals surface area contributed by atoms with Crippen molar-refractivity contribution in [3.63, 3.8) is 0 Å². The Morgan fingerprint density at radius 1 is 1.12 bits per heavy atom. The fourth-order valence-electron chi connectivity index (χ4n) is 5.54. The van der Waals surface area contributed by atoms with Crippen LogP contribution >= 0.6 is 0 Å². The van der Waals surface area contributed by atoms with Gasteiger partial charge in [-0.2, -0.15) is 0 Å². The van der Waals surface area contributed by atoms with Crippen LogP contribution in [0.2, 0.25) is 0 Å². The lowest BCUT2D eigenvalue weighted by molar-refractivity contribution is -0.335.